The number of nitrogens with zero attached hydrogens (tertiary/aromatic N) is 3. The van der Waals surface area contributed by atoms with Crippen molar-refractivity contribution < 1.29 is 14.1 Å². The van der Waals surface area contributed by atoms with Crippen LogP contribution in [0.15, 0.2) is 4.52 Å². The normalized spacial score (nSPS) is 18.6. The van der Waals surface area contributed by atoms with Crippen molar-refractivity contribution in [1.29, 1.82) is 0 Å². The van der Waals surface area contributed by atoms with E-state index in [9.17, 15) is 4.79 Å². The van der Waals surface area contributed by atoms with Crippen LogP contribution in [0, 0.1) is 6.92 Å². The highest BCUT2D eigenvalue weighted by atomic mass is 16.5. The van der Waals surface area contributed by atoms with E-state index in [0.717, 1.165) is 26.0 Å². The summed E-state index contributed by atoms with van der Waals surface area (Å²) in [6, 6.07) is 0. The molecule has 0 bridgehead atoms. The predicted molar refractivity (Wildman–Crippen MR) is 72.0 cm³/mol. The summed E-state index contributed by atoms with van der Waals surface area (Å²) in [6.45, 7) is 6.73. The van der Waals surface area contributed by atoms with Crippen LogP contribution in [0.2, 0.25) is 0 Å². The highest BCUT2D eigenvalue weighted by molar-refractivity contribution is 5.78. The van der Waals surface area contributed by atoms with E-state index in [4.69, 9.17) is 9.26 Å². The highest BCUT2D eigenvalue weighted by Gasteiger charge is 2.17. The number of nitrogens with one attached hydrogen (secondary N) is 1. The molecule has 7 heteroatoms. The molecule has 0 radical (unpaired) electrons. The van der Waals surface area contributed by atoms with Gasteiger partial charge in [-0.05, 0) is 26.3 Å². The molecule has 0 spiro atoms. The van der Waals surface area contributed by atoms with Crippen LogP contribution in [-0.2, 0) is 16.1 Å². The maximum Gasteiger partial charge on any atom is 0.240 e. The molecule has 7 nitrogen and oxygen atoms in total. The van der Waals surface area contributed by atoms with Crippen LogP contribution in [0.4, 0.5) is 0 Å². The maximum atomic E-state index is 11.9. The maximum absolute atomic E-state index is 11.9. The molecule has 1 aromatic rings. The van der Waals surface area contributed by atoms with Gasteiger partial charge in [0.05, 0.1) is 19.2 Å². The summed E-state index contributed by atoms with van der Waals surface area (Å²) >= 11 is 0. The number of rotatable bonds is 7. The third-order valence-corrected chi connectivity index (χ3v) is 3.29. The Labute approximate surface area is 118 Å². The molecule has 0 aromatic carbocycles. The smallest absolute Gasteiger partial charge is 0.240 e. The Morgan fingerprint density at radius 1 is 1.55 bits per heavy atom. The van der Waals surface area contributed by atoms with Gasteiger partial charge in [-0.25, -0.2) is 0 Å². The van der Waals surface area contributed by atoms with Gasteiger partial charge in [-0.2, -0.15) is 4.98 Å². The van der Waals surface area contributed by atoms with E-state index in [1.807, 2.05) is 11.8 Å². The summed E-state index contributed by atoms with van der Waals surface area (Å²) in [6.07, 6.45) is 2.28. The van der Waals surface area contributed by atoms with Gasteiger partial charge in [0, 0.05) is 13.2 Å². The number of ether oxygens (including phenoxy) is 1. The molecule has 2 rings (SSSR count). The van der Waals surface area contributed by atoms with Crippen molar-refractivity contribution in [2.75, 3.05) is 26.2 Å². The third-order valence-electron chi connectivity index (χ3n) is 3.29. The van der Waals surface area contributed by atoms with Crippen LogP contribution in [0.5, 0.6) is 0 Å². The SMILES string of the molecule is CCN(CC(=O)NC[C@@H]1CCCO1)Cc1nc(C)no1. The minimum absolute atomic E-state index is 0.00131. The number of likely N-dealkylation sites (N-methyl/N-ethyl adjacent to an activating group) is 1. The molecule has 1 aromatic heterocycles. The molecule has 2 heterocycles. The van der Waals surface area contributed by atoms with Gasteiger partial charge < -0.3 is 14.6 Å². The lowest BCUT2D eigenvalue weighted by atomic mass is 10.2. The number of carbonyl (C=O) groups is 1. The molecule has 1 atom stereocenters. The largest absolute Gasteiger partial charge is 0.376 e. The van der Waals surface area contributed by atoms with E-state index in [0.29, 0.717) is 31.3 Å². The molecule has 112 valence electrons. The number of aryl methyl sites for hydroxylation is 1. The quantitative estimate of drug-likeness (QED) is 0.784. The molecule has 0 unspecified atom stereocenters. The second-order valence-electron chi connectivity index (χ2n) is 4.98. The first kappa shape index (κ1) is 14.9. The standard InChI is InChI=1S/C13H22N4O3/c1-3-17(9-13-15-10(2)16-20-13)8-12(18)14-7-11-5-4-6-19-11/h11H,3-9H2,1-2H3,(H,14,18)/t11-/m0/s1. The first-order valence-electron chi connectivity index (χ1n) is 7.07. The molecule has 20 heavy (non-hydrogen) atoms. The summed E-state index contributed by atoms with van der Waals surface area (Å²) in [5, 5.41) is 6.65. The van der Waals surface area contributed by atoms with Gasteiger partial charge in [0.15, 0.2) is 5.82 Å². The molecule has 0 aliphatic carbocycles. The molecule has 1 aliphatic rings. The Hall–Kier alpha value is -1.47. The monoisotopic (exact) mass is 282 g/mol. The Morgan fingerprint density at radius 3 is 3.00 bits per heavy atom. The Morgan fingerprint density at radius 2 is 2.40 bits per heavy atom. The average Bonchev–Trinajstić information content (AvgIpc) is 3.07. The lowest BCUT2D eigenvalue weighted by molar-refractivity contribution is -0.122. The fourth-order valence-electron chi connectivity index (χ4n) is 2.17. The van der Waals surface area contributed by atoms with E-state index in [-0.39, 0.29) is 12.0 Å². The molecule has 1 saturated heterocycles. The zero-order chi connectivity index (χ0) is 14.4. The van der Waals surface area contributed by atoms with Crippen molar-refractivity contribution in [2.24, 2.45) is 0 Å². The summed E-state index contributed by atoms with van der Waals surface area (Å²) in [7, 11) is 0. The van der Waals surface area contributed by atoms with Gasteiger partial charge in [-0.15, -0.1) is 0 Å². The molecular weight excluding hydrogens is 260 g/mol. The number of hydrogen-bond donors (Lipinski definition) is 1. The van der Waals surface area contributed by atoms with Crippen LogP contribution in [-0.4, -0.2) is 53.3 Å². The zero-order valence-electron chi connectivity index (χ0n) is 12.1. The summed E-state index contributed by atoms with van der Waals surface area (Å²) in [5.41, 5.74) is 0. The minimum Gasteiger partial charge on any atom is -0.376 e. The summed E-state index contributed by atoms with van der Waals surface area (Å²) in [5.74, 6) is 1.15. The lowest BCUT2D eigenvalue weighted by Gasteiger charge is -2.18. The summed E-state index contributed by atoms with van der Waals surface area (Å²) < 4.78 is 10.5. The van der Waals surface area contributed by atoms with Gasteiger partial charge in [0.25, 0.3) is 0 Å². The van der Waals surface area contributed by atoms with Crippen LogP contribution < -0.4 is 5.32 Å². The Balaban J connectivity index is 1.72. The van der Waals surface area contributed by atoms with Crippen LogP contribution >= 0.6 is 0 Å². The molecular formula is C13H22N4O3. The second-order valence-corrected chi connectivity index (χ2v) is 4.98. The van der Waals surface area contributed by atoms with E-state index < -0.39 is 0 Å². The Bertz CT molecular complexity index is 429. The molecule has 1 amide bonds. The first-order valence-corrected chi connectivity index (χ1v) is 7.07. The average molecular weight is 282 g/mol. The van der Waals surface area contributed by atoms with Crippen molar-refractivity contribution in [2.45, 2.75) is 39.3 Å². The Kier molecular flexibility index (Phi) is 5.49. The third kappa shape index (κ3) is 4.57. The molecule has 1 fully saturated rings. The van der Waals surface area contributed by atoms with Gasteiger partial charge in [0.1, 0.15) is 0 Å². The van der Waals surface area contributed by atoms with Crippen LogP contribution in [0.25, 0.3) is 0 Å². The molecule has 1 aliphatic heterocycles. The van der Waals surface area contributed by atoms with E-state index in [2.05, 4.69) is 15.5 Å². The number of aromatic nitrogens is 2. The zero-order valence-corrected chi connectivity index (χ0v) is 12.1. The van der Waals surface area contributed by atoms with Crippen molar-refractivity contribution in [1.82, 2.24) is 20.4 Å². The fourth-order valence-corrected chi connectivity index (χ4v) is 2.17. The molecule has 1 N–H and O–H groups in total. The summed E-state index contributed by atoms with van der Waals surface area (Å²) in [4.78, 5) is 18.0. The van der Waals surface area contributed by atoms with Gasteiger partial charge in [-0.1, -0.05) is 12.1 Å². The molecule has 0 saturated carbocycles. The van der Waals surface area contributed by atoms with Crippen LogP contribution in [0.1, 0.15) is 31.5 Å². The minimum atomic E-state index is -0.00131. The number of hydrogen-bond acceptors (Lipinski definition) is 6. The van der Waals surface area contributed by atoms with Crippen molar-refractivity contribution in [3.05, 3.63) is 11.7 Å². The van der Waals surface area contributed by atoms with E-state index in [1.54, 1.807) is 6.92 Å². The van der Waals surface area contributed by atoms with Crippen molar-refractivity contribution >= 4 is 5.91 Å². The highest BCUT2D eigenvalue weighted by Crippen LogP contribution is 2.10. The van der Waals surface area contributed by atoms with Gasteiger partial charge in [-0.3, -0.25) is 9.69 Å². The lowest BCUT2D eigenvalue weighted by Crippen LogP contribution is -2.39. The number of carbonyl (C=O) groups excluding carboxylic acids is 1. The van der Waals surface area contributed by atoms with E-state index in [1.165, 1.54) is 0 Å². The fraction of sp³-hybridized carbons (Fsp3) is 0.769. The second kappa shape index (κ2) is 7.35. The van der Waals surface area contributed by atoms with Crippen molar-refractivity contribution in [3.63, 3.8) is 0 Å². The van der Waals surface area contributed by atoms with E-state index >= 15 is 0 Å². The topological polar surface area (TPSA) is 80.5 Å². The van der Waals surface area contributed by atoms with Gasteiger partial charge >= 0.3 is 0 Å². The predicted octanol–water partition coefficient (Wildman–Crippen LogP) is 0.495. The first-order chi connectivity index (χ1) is 9.67. The number of amides is 1. The van der Waals surface area contributed by atoms with Crippen molar-refractivity contribution in [3.8, 4) is 0 Å². The van der Waals surface area contributed by atoms with Crippen LogP contribution in [0.3, 0.4) is 0 Å². The van der Waals surface area contributed by atoms with Gasteiger partial charge in [0.2, 0.25) is 11.8 Å².